The van der Waals surface area contributed by atoms with E-state index in [-0.39, 0.29) is 30.7 Å². The number of aromatic nitrogens is 1. The van der Waals surface area contributed by atoms with E-state index in [0.717, 1.165) is 12.1 Å². The Morgan fingerprint density at radius 2 is 1.92 bits per heavy atom. The van der Waals surface area contributed by atoms with Crippen molar-refractivity contribution in [3.63, 3.8) is 0 Å². The number of pyridine rings is 1. The summed E-state index contributed by atoms with van der Waals surface area (Å²) in [5, 5.41) is 0. The zero-order valence-corrected chi connectivity index (χ0v) is 15.2. The molecule has 0 bridgehead atoms. The van der Waals surface area contributed by atoms with E-state index in [1.54, 1.807) is 12.4 Å². The molecule has 1 fully saturated rings. The molecule has 1 aromatic heterocycles. The summed E-state index contributed by atoms with van der Waals surface area (Å²) in [5.74, 6) is 0.671. The molecule has 2 atom stereocenters. The Morgan fingerprint density at radius 3 is 2.54 bits per heavy atom. The van der Waals surface area contributed by atoms with Gasteiger partial charge >= 0.3 is 0 Å². The lowest BCUT2D eigenvalue weighted by Gasteiger charge is -2.17. The van der Waals surface area contributed by atoms with E-state index < -0.39 is 0 Å². The largest absolute Gasteiger partial charge is 0.338 e. The molecule has 0 aliphatic carbocycles. The molecule has 0 radical (unpaired) electrons. The molecule has 1 aliphatic heterocycles. The number of hydrogen-bond acceptors (Lipinski definition) is 3. The van der Waals surface area contributed by atoms with Crippen LogP contribution in [0.1, 0.15) is 27.4 Å². The van der Waals surface area contributed by atoms with Gasteiger partial charge in [0.1, 0.15) is 0 Å². The van der Waals surface area contributed by atoms with Crippen LogP contribution in [0.25, 0.3) is 0 Å². The lowest BCUT2D eigenvalue weighted by Crippen LogP contribution is -2.30. The molecule has 6 heteroatoms. The standard InChI is InChI=1S/C18H21N3O.2ClH/c1-13-7-15(10-20-9-13)18(22)21-11-16(8-19)17(12-21)14-5-3-2-4-6-14;;/h2-7,9-10,16-17H,8,11-12,19H2,1H3;2*1H/t16-,17+;;/m1../s1. The third kappa shape index (κ3) is 4.26. The Labute approximate surface area is 155 Å². The van der Waals surface area contributed by atoms with Crippen LogP contribution in [0.15, 0.2) is 48.8 Å². The van der Waals surface area contributed by atoms with Crippen LogP contribution in [0, 0.1) is 12.8 Å². The maximum absolute atomic E-state index is 12.7. The third-order valence-electron chi connectivity index (χ3n) is 4.38. The maximum atomic E-state index is 12.7. The van der Waals surface area contributed by atoms with Crippen molar-refractivity contribution in [2.24, 2.45) is 11.7 Å². The number of halogens is 2. The van der Waals surface area contributed by atoms with Crippen molar-refractivity contribution >= 4 is 30.7 Å². The summed E-state index contributed by atoms with van der Waals surface area (Å²) in [4.78, 5) is 18.7. The fourth-order valence-corrected chi connectivity index (χ4v) is 3.21. The van der Waals surface area contributed by atoms with Crippen molar-refractivity contribution in [2.75, 3.05) is 19.6 Å². The number of hydrogen-bond donors (Lipinski definition) is 1. The van der Waals surface area contributed by atoms with E-state index in [1.807, 2.05) is 36.1 Å². The summed E-state index contributed by atoms with van der Waals surface area (Å²) in [7, 11) is 0. The minimum absolute atomic E-state index is 0. The highest BCUT2D eigenvalue weighted by Crippen LogP contribution is 2.32. The molecule has 0 saturated carbocycles. The molecule has 3 rings (SSSR count). The second-order valence-electron chi connectivity index (χ2n) is 5.97. The molecule has 0 unspecified atom stereocenters. The highest BCUT2D eigenvalue weighted by atomic mass is 35.5. The summed E-state index contributed by atoms with van der Waals surface area (Å²) in [6.45, 7) is 3.97. The van der Waals surface area contributed by atoms with Crippen molar-refractivity contribution in [2.45, 2.75) is 12.8 Å². The molecule has 1 aromatic carbocycles. The van der Waals surface area contributed by atoms with Gasteiger partial charge in [-0.3, -0.25) is 9.78 Å². The van der Waals surface area contributed by atoms with Crippen LogP contribution in [0.3, 0.4) is 0 Å². The Balaban J connectivity index is 0.00000144. The number of nitrogens with zero attached hydrogens (tertiary/aromatic N) is 2. The third-order valence-corrected chi connectivity index (χ3v) is 4.38. The summed E-state index contributed by atoms with van der Waals surface area (Å²) in [6, 6.07) is 12.2. The topological polar surface area (TPSA) is 59.2 Å². The average Bonchev–Trinajstić information content (AvgIpc) is 2.99. The SMILES string of the molecule is Cc1cncc(C(=O)N2C[C@@H](CN)[C@H](c3ccccc3)C2)c1.Cl.Cl. The fourth-order valence-electron chi connectivity index (χ4n) is 3.21. The maximum Gasteiger partial charge on any atom is 0.255 e. The van der Waals surface area contributed by atoms with E-state index >= 15 is 0 Å². The van der Waals surface area contributed by atoms with E-state index in [4.69, 9.17) is 5.73 Å². The van der Waals surface area contributed by atoms with Gasteiger partial charge in [-0.2, -0.15) is 0 Å². The first kappa shape index (κ1) is 20.4. The molecule has 0 spiro atoms. The Bertz CT molecular complexity index is 666. The van der Waals surface area contributed by atoms with Crippen LogP contribution >= 0.6 is 24.8 Å². The van der Waals surface area contributed by atoms with Crippen LogP contribution in [0.4, 0.5) is 0 Å². The van der Waals surface area contributed by atoms with Crippen LogP contribution in [-0.2, 0) is 0 Å². The number of nitrogens with two attached hydrogens (primary N) is 1. The predicted molar refractivity (Wildman–Crippen MR) is 101 cm³/mol. The minimum atomic E-state index is 0. The number of carbonyl (C=O) groups excluding carboxylic acids is 1. The van der Waals surface area contributed by atoms with Crippen LogP contribution < -0.4 is 5.73 Å². The quantitative estimate of drug-likeness (QED) is 0.906. The molecular formula is C18H23Cl2N3O. The first-order valence-corrected chi connectivity index (χ1v) is 7.65. The number of amides is 1. The average molecular weight is 368 g/mol. The van der Waals surface area contributed by atoms with Crippen LogP contribution in [-0.4, -0.2) is 35.4 Å². The number of aryl methyl sites for hydroxylation is 1. The number of benzene rings is 1. The molecule has 2 N–H and O–H groups in total. The highest BCUT2D eigenvalue weighted by Gasteiger charge is 2.35. The molecule has 4 nitrogen and oxygen atoms in total. The van der Waals surface area contributed by atoms with E-state index in [1.165, 1.54) is 5.56 Å². The molecule has 1 amide bonds. The van der Waals surface area contributed by atoms with Gasteiger partial charge in [-0.15, -0.1) is 24.8 Å². The molecule has 2 heterocycles. The Kier molecular flexibility index (Phi) is 7.67. The van der Waals surface area contributed by atoms with Gasteiger partial charge in [0.05, 0.1) is 5.56 Å². The summed E-state index contributed by atoms with van der Waals surface area (Å²) in [5.41, 5.74) is 8.85. The number of likely N-dealkylation sites (tertiary alicyclic amines) is 1. The van der Waals surface area contributed by atoms with Gasteiger partial charge in [0.15, 0.2) is 0 Å². The first-order chi connectivity index (χ1) is 10.7. The van der Waals surface area contributed by atoms with Crippen molar-refractivity contribution in [1.29, 1.82) is 0 Å². The van der Waals surface area contributed by atoms with Gasteiger partial charge in [-0.1, -0.05) is 30.3 Å². The smallest absolute Gasteiger partial charge is 0.255 e. The first-order valence-electron chi connectivity index (χ1n) is 7.65. The normalized spacial score (nSPS) is 19.3. The van der Waals surface area contributed by atoms with Crippen LogP contribution in [0.5, 0.6) is 0 Å². The molecule has 130 valence electrons. The number of rotatable bonds is 3. The molecular weight excluding hydrogens is 345 g/mol. The van der Waals surface area contributed by atoms with E-state index in [0.29, 0.717) is 30.5 Å². The van der Waals surface area contributed by atoms with Gasteiger partial charge in [-0.05, 0) is 36.6 Å². The fraction of sp³-hybridized carbons (Fsp3) is 0.333. The van der Waals surface area contributed by atoms with Crippen molar-refractivity contribution in [1.82, 2.24) is 9.88 Å². The van der Waals surface area contributed by atoms with Crippen LogP contribution in [0.2, 0.25) is 0 Å². The Morgan fingerprint density at radius 1 is 1.21 bits per heavy atom. The van der Waals surface area contributed by atoms with Crippen molar-refractivity contribution < 1.29 is 4.79 Å². The van der Waals surface area contributed by atoms with Crippen molar-refractivity contribution in [3.05, 3.63) is 65.5 Å². The lowest BCUT2D eigenvalue weighted by atomic mass is 9.89. The molecule has 24 heavy (non-hydrogen) atoms. The van der Waals surface area contributed by atoms with E-state index in [2.05, 4.69) is 17.1 Å². The summed E-state index contributed by atoms with van der Waals surface area (Å²) in [6.07, 6.45) is 3.40. The van der Waals surface area contributed by atoms with E-state index in [9.17, 15) is 4.79 Å². The minimum Gasteiger partial charge on any atom is -0.338 e. The molecule has 2 aromatic rings. The zero-order valence-electron chi connectivity index (χ0n) is 13.6. The van der Waals surface area contributed by atoms with Gasteiger partial charge < -0.3 is 10.6 Å². The zero-order chi connectivity index (χ0) is 15.5. The van der Waals surface area contributed by atoms with Crippen molar-refractivity contribution in [3.8, 4) is 0 Å². The summed E-state index contributed by atoms with van der Waals surface area (Å²) >= 11 is 0. The van der Waals surface area contributed by atoms with Gasteiger partial charge in [0.2, 0.25) is 0 Å². The highest BCUT2D eigenvalue weighted by molar-refractivity contribution is 5.94. The van der Waals surface area contributed by atoms with Gasteiger partial charge in [0.25, 0.3) is 5.91 Å². The monoisotopic (exact) mass is 367 g/mol. The van der Waals surface area contributed by atoms with Gasteiger partial charge in [0, 0.05) is 31.4 Å². The molecule has 1 saturated heterocycles. The van der Waals surface area contributed by atoms with Gasteiger partial charge in [-0.25, -0.2) is 0 Å². The Hall–Kier alpha value is -1.62. The number of carbonyl (C=O) groups is 1. The predicted octanol–water partition coefficient (Wildman–Crippen LogP) is 3.05. The second kappa shape index (κ2) is 9.02. The molecule has 1 aliphatic rings. The lowest BCUT2D eigenvalue weighted by molar-refractivity contribution is 0.0786. The second-order valence-corrected chi connectivity index (χ2v) is 5.97. The summed E-state index contributed by atoms with van der Waals surface area (Å²) < 4.78 is 0.